The van der Waals surface area contributed by atoms with Gasteiger partial charge in [0.05, 0.1) is 17.6 Å². The van der Waals surface area contributed by atoms with Gasteiger partial charge in [-0.25, -0.2) is 8.42 Å². The summed E-state index contributed by atoms with van der Waals surface area (Å²) < 4.78 is 34.2. The first kappa shape index (κ1) is 21.8. The van der Waals surface area contributed by atoms with Gasteiger partial charge in [0.1, 0.15) is 4.75 Å². The maximum absolute atomic E-state index is 12.7. The number of aliphatic hydroxyl groups excluding tert-OH is 1. The first-order valence-electron chi connectivity index (χ1n) is 9.14. The van der Waals surface area contributed by atoms with Gasteiger partial charge in [-0.15, -0.1) is 0 Å². The predicted molar refractivity (Wildman–Crippen MR) is 101 cm³/mol. The Morgan fingerprint density at radius 1 is 1.41 bits per heavy atom. The SMILES string of the molecule is CC(O)C(C)(C)c1cc(NC(=O)C(C)(C)S(=O)(=O)CCC2CCOC2)on1. The number of rotatable bonds is 8. The van der Waals surface area contributed by atoms with Crippen LogP contribution in [0.5, 0.6) is 0 Å². The number of anilines is 1. The zero-order chi connectivity index (χ0) is 20.5. The van der Waals surface area contributed by atoms with Crippen molar-refractivity contribution in [2.75, 3.05) is 24.3 Å². The van der Waals surface area contributed by atoms with Crippen molar-refractivity contribution in [1.29, 1.82) is 0 Å². The van der Waals surface area contributed by atoms with Crippen LogP contribution < -0.4 is 5.32 Å². The number of sulfone groups is 1. The second-order valence-corrected chi connectivity index (χ2v) is 10.9. The van der Waals surface area contributed by atoms with Gasteiger partial charge in [-0.1, -0.05) is 19.0 Å². The van der Waals surface area contributed by atoms with Crippen molar-refractivity contribution in [2.24, 2.45) is 5.92 Å². The van der Waals surface area contributed by atoms with Crippen LogP contribution in [0.15, 0.2) is 10.6 Å². The van der Waals surface area contributed by atoms with Crippen molar-refractivity contribution in [3.63, 3.8) is 0 Å². The van der Waals surface area contributed by atoms with Crippen molar-refractivity contribution in [3.05, 3.63) is 11.8 Å². The molecule has 0 aliphatic carbocycles. The van der Waals surface area contributed by atoms with E-state index in [1.165, 1.54) is 19.9 Å². The summed E-state index contributed by atoms with van der Waals surface area (Å²) in [5.74, 6) is -0.477. The number of hydrogen-bond acceptors (Lipinski definition) is 7. The topological polar surface area (TPSA) is 119 Å². The van der Waals surface area contributed by atoms with Crippen LogP contribution in [0.1, 0.15) is 53.2 Å². The van der Waals surface area contributed by atoms with E-state index in [1.807, 2.05) is 0 Å². The summed E-state index contributed by atoms with van der Waals surface area (Å²) in [6.45, 7) is 9.23. The molecule has 154 valence electrons. The number of aliphatic hydroxyl groups is 1. The highest BCUT2D eigenvalue weighted by Crippen LogP contribution is 2.29. The molecule has 1 fully saturated rings. The van der Waals surface area contributed by atoms with E-state index in [-0.39, 0.29) is 17.6 Å². The lowest BCUT2D eigenvalue weighted by Crippen LogP contribution is -2.45. The molecule has 0 spiro atoms. The third-order valence-electron chi connectivity index (χ3n) is 5.59. The summed E-state index contributed by atoms with van der Waals surface area (Å²) in [5.41, 5.74) is -0.202. The lowest BCUT2D eigenvalue weighted by atomic mass is 9.84. The van der Waals surface area contributed by atoms with Gasteiger partial charge >= 0.3 is 0 Å². The molecule has 8 nitrogen and oxygen atoms in total. The van der Waals surface area contributed by atoms with Gasteiger partial charge in [-0.2, -0.15) is 0 Å². The summed E-state index contributed by atoms with van der Waals surface area (Å²) in [5, 5.41) is 16.2. The standard InChI is InChI=1S/C18H30N2O6S/c1-12(21)17(2,3)14-10-15(26-20-14)19-16(22)18(4,5)27(23,24)9-7-13-6-8-25-11-13/h10,12-13,21H,6-9,11H2,1-5H3,(H,19,22). The molecular weight excluding hydrogens is 372 g/mol. The molecule has 1 aromatic rings. The fourth-order valence-electron chi connectivity index (χ4n) is 2.64. The summed E-state index contributed by atoms with van der Waals surface area (Å²) in [4.78, 5) is 12.6. The van der Waals surface area contributed by atoms with Crippen molar-refractivity contribution < 1.29 is 27.6 Å². The van der Waals surface area contributed by atoms with Crippen LogP contribution in [0.25, 0.3) is 0 Å². The number of carbonyl (C=O) groups excluding carboxylic acids is 1. The zero-order valence-corrected chi connectivity index (χ0v) is 17.4. The van der Waals surface area contributed by atoms with Crippen LogP contribution >= 0.6 is 0 Å². The zero-order valence-electron chi connectivity index (χ0n) is 16.6. The fourth-order valence-corrected chi connectivity index (χ4v) is 4.13. The monoisotopic (exact) mass is 402 g/mol. The Morgan fingerprint density at radius 2 is 2.07 bits per heavy atom. The third kappa shape index (κ3) is 4.70. The first-order valence-corrected chi connectivity index (χ1v) is 10.8. The molecule has 1 saturated heterocycles. The van der Waals surface area contributed by atoms with E-state index in [9.17, 15) is 18.3 Å². The van der Waals surface area contributed by atoms with Gasteiger partial charge in [0, 0.05) is 24.7 Å². The molecule has 0 bridgehead atoms. The van der Waals surface area contributed by atoms with Crippen LogP contribution in [0.2, 0.25) is 0 Å². The Morgan fingerprint density at radius 3 is 2.63 bits per heavy atom. The molecule has 1 aromatic heterocycles. The Kier molecular flexibility index (Phi) is 6.38. The lowest BCUT2D eigenvalue weighted by molar-refractivity contribution is -0.118. The summed E-state index contributed by atoms with van der Waals surface area (Å²) in [7, 11) is -3.67. The number of carbonyl (C=O) groups is 1. The molecule has 2 atom stereocenters. The molecule has 27 heavy (non-hydrogen) atoms. The molecule has 2 unspecified atom stereocenters. The molecule has 2 N–H and O–H groups in total. The quantitative estimate of drug-likeness (QED) is 0.681. The predicted octanol–water partition coefficient (Wildman–Crippen LogP) is 1.89. The average molecular weight is 403 g/mol. The number of aromatic nitrogens is 1. The smallest absolute Gasteiger partial charge is 0.247 e. The number of hydrogen-bond donors (Lipinski definition) is 2. The minimum absolute atomic E-state index is 0.0520. The minimum Gasteiger partial charge on any atom is -0.392 e. The Labute approximate surface area is 160 Å². The summed E-state index contributed by atoms with van der Waals surface area (Å²) in [6, 6.07) is 1.50. The normalized spacial score (nSPS) is 19.9. The van der Waals surface area contributed by atoms with Gasteiger partial charge < -0.3 is 14.4 Å². The van der Waals surface area contributed by atoms with Crippen molar-refractivity contribution in [2.45, 2.75) is 63.7 Å². The Hall–Kier alpha value is -1.45. The average Bonchev–Trinajstić information content (AvgIpc) is 3.24. The van der Waals surface area contributed by atoms with E-state index in [1.54, 1.807) is 20.8 Å². The third-order valence-corrected chi connectivity index (χ3v) is 8.11. The second-order valence-electron chi connectivity index (χ2n) is 8.28. The minimum atomic E-state index is -3.67. The van der Waals surface area contributed by atoms with Crippen LogP contribution in [-0.2, 0) is 24.8 Å². The molecule has 0 saturated carbocycles. The highest BCUT2D eigenvalue weighted by atomic mass is 32.2. The summed E-state index contributed by atoms with van der Waals surface area (Å²) >= 11 is 0. The number of nitrogens with one attached hydrogen (secondary N) is 1. The maximum atomic E-state index is 12.7. The maximum Gasteiger partial charge on any atom is 0.247 e. The highest BCUT2D eigenvalue weighted by Gasteiger charge is 2.42. The van der Waals surface area contributed by atoms with Crippen LogP contribution in [0.3, 0.4) is 0 Å². The van der Waals surface area contributed by atoms with E-state index < -0.39 is 32.0 Å². The Bertz CT molecular complexity index is 761. The van der Waals surface area contributed by atoms with Crippen molar-refractivity contribution in [3.8, 4) is 0 Å². The molecular formula is C18H30N2O6S. The van der Waals surface area contributed by atoms with Crippen molar-refractivity contribution in [1.82, 2.24) is 5.16 Å². The van der Waals surface area contributed by atoms with Gasteiger partial charge in [0.15, 0.2) is 9.84 Å². The second kappa shape index (κ2) is 7.89. The van der Waals surface area contributed by atoms with Gasteiger partial charge in [0.2, 0.25) is 11.8 Å². The number of nitrogens with zero attached hydrogens (tertiary/aromatic N) is 1. The van der Waals surface area contributed by atoms with E-state index in [2.05, 4.69) is 10.5 Å². The number of amides is 1. The number of ether oxygens (including phenoxy) is 1. The van der Waals surface area contributed by atoms with Gasteiger partial charge in [0.25, 0.3) is 0 Å². The highest BCUT2D eigenvalue weighted by molar-refractivity contribution is 7.93. The van der Waals surface area contributed by atoms with Crippen LogP contribution in [-0.4, -0.2) is 54.4 Å². The van der Waals surface area contributed by atoms with Crippen LogP contribution in [0, 0.1) is 5.92 Å². The van der Waals surface area contributed by atoms with Gasteiger partial charge in [-0.05, 0) is 39.5 Å². The molecule has 0 radical (unpaired) electrons. The van der Waals surface area contributed by atoms with E-state index in [4.69, 9.17) is 9.26 Å². The fraction of sp³-hybridized carbons (Fsp3) is 0.778. The van der Waals surface area contributed by atoms with Crippen LogP contribution in [0.4, 0.5) is 5.88 Å². The Balaban J connectivity index is 2.06. The molecule has 9 heteroatoms. The molecule has 2 heterocycles. The summed E-state index contributed by atoms with van der Waals surface area (Å²) in [6.07, 6.45) is 0.651. The van der Waals surface area contributed by atoms with E-state index in [0.717, 1.165) is 6.42 Å². The lowest BCUT2D eigenvalue weighted by Gasteiger charge is -2.25. The largest absolute Gasteiger partial charge is 0.392 e. The molecule has 1 aliphatic rings. The van der Waals surface area contributed by atoms with E-state index in [0.29, 0.717) is 25.3 Å². The van der Waals surface area contributed by atoms with Crippen molar-refractivity contribution >= 4 is 21.6 Å². The first-order chi connectivity index (χ1) is 12.4. The van der Waals surface area contributed by atoms with Gasteiger partial charge in [-0.3, -0.25) is 10.1 Å². The molecule has 2 rings (SSSR count). The van der Waals surface area contributed by atoms with E-state index >= 15 is 0 Å². The molecule has 1 aliphatic heterocycles. The molecule has 0 aromatic carbocycles. The molecule has 1 amide bonds.